The zero-order chi connectivity index (χ0) is 12.1. The van der Waals surface area contributed by atoms with Crippen molar-refractivity contribution in [3.63, 3.8) is 0 Å². The number of nitrogens with two attached hydrogens (primary N) is 1. The quantitative estimate of drug-likeness (QED) is 0.807. The van der Waals surface area contributed by atoms with Gasteiger partial charge in [0.2, 0.25) is 0 Å². The van der Waals surface area contributed by atoms with Crippen LogP contribution >= 0.6 is 0 Å². The first-order chi connectivity index (χ1) is 8.28. The molecule has 84 valence electrons. The van der Waals surface area contributed by atoms with Crippen molar-refractivity contribution in [2.75, 3.05) is 11.1 Å². The highest BCUT2D eigenvalue weighted by atomic mass is 15.0. The molecule has 0 spiro atoms. The lowest BCUT2D eigenvalue weighted by atomic mass is 10.3. The summed E-state index contributed by atoms with van der Waals surface area (Å²) in [6, 6.07) is 5.53. The van der Waals surface area contributed by atoms with Crippen molar-refractivity contribution >= 4 is 11.6 Å². The van der Waals surface area contributed by atoms with Crippen LogP contribution in [-0.2, 0) is 6.54 Å². The van der Waals surface area contributed by atoms with Gasteiger partial charge in [-0.05, 0) is 11.6 Å². The van der Waals surface area contributed by atoms with Crippen LogP contribution in [0.15, 0.2) is 30.7 Å². The standard InChI is InChI=1S/C11H10N6/c12-3-9-6-17-11(7-14-9)16-5-8-1-2-10(13)15-4-8/h1-2,4,6-7H,5H2,(H2,13,15)(H,16,17). The summed E-state index contributed by atoms with van der Waals surface area (Å²) in [6.45, 7) is 0.577. The second-order valence-corrected chi connectivity index (χ2v) is 3.34. The molecule has 17 heavy (non-hydrogen) atoms. The van der Waals surface area contributed by atoms with Crippen molar-refractivity contribution in [3.05, 3.63) is 42.0 Å². The van der Waals surface area contributed by atoms with E-state index in [4.69, 9.17) is 11.0 Å². The molecule has 6 heteroatoms. The Balaban J connectivity index is 1.98. The Morgan fingerprint density at radius 1 is 1.18 bits per heavy atom. The normalized spacial score (nSPS) is 9.59. The van der Waals surface area contributed by atoms with E-state index in [1.54, 1.807) is 12.3 Å². The van der Waals surface area contributed by atoms with Gasteiger partial charge in [-0.15, -0.1) is 0 Å². The lowest BCUT2D eigenvalue weighted by molar-refractivity contribution is 1.06. The number of hydrogen-bond acceptors (Lipinski definition) is 6. The summed E-state index contributed by atoms with van der Waals surface area (Å²) in [7, 11) is 0. The third-order valence-corrected chi connectivity index (χ3v) is 2.09. The number of nitriles is 1. The lowest BCUT2D eigenvalue weighted by Crippen LogP contribution is -2.03. The molecular weight excluding hydrogens is 216 g/mol. The average Bonchev–Trinajstić information content (AvgIpc) is 2.39. The van der Waals surface area contributed by atoms with Crippen molar-refractivity contribution in [2.45, 2.75) is 6.54 Å². The number of rotatable bonds is 3. The minimum atomic E-state index is 0.296. The van der Waals surface area contributed by atoms with Gasteiger partial charge in [0.15, 0.2) is 5.69 Å². The van der Waals surface area contributed by atoms with Crippen LogP contribution in [0.4, 0.5) is 11.6 Å². The highest BCUT2D eigenvalue weighted by molar-refractivity contribution is 5.35. The van der Waals surface area contributed by atoms with E-state index in [1.165, 1.54) is 12.4 Å². The highest BCUT2D eigenvalue weighted by Crippen LogP contribution is 2.05. The third kappa shape index (κ3) is 2.89. The fourth-order valence-corrected chi connectivity index (χ4v) is 1.21. The Kier molecular flexibility index (Phi) is 3.12. The van der Waals surface area contributed by atoms with Gasteiger partial charge in [-0.3, -0.25) is 0 Å². The Hall–Kier alpha value is -2.68. The van der Waals surface area contributed by atoms with E-state index in [1.807, 2.05) is 12.1 Å². The molecule has 0 saturated heterocycles. The van der Waals surface area contributed by atoms with E-state index >= 15 is 0 Å². The minimum absolute atomic E-state index is 0.296. The maximum absolute atomic E-state index is 8.57. The first-order valence-corrected chi connectivity index (χ1v) is 4.94. The summed E-state index contributed by atoms with van der Waals surface area (Å²) in [6.07, 6.45) is 4.63. The molecule has 6 nitrogen and oxygen atoms in total. The Morgan fingerprint density at radius 2 is 2.06 bits per heavy atom. The van der Waals surface area contributed by atoms with Gasteiger partial charge in [-0.2, -0.15) is 5.26 Å². The smallest absolute Gasteiger partial charge is 0.158 e. The van der Waals surface area contributed by atoms with Gasteiger partial charge in [-0.25, -0.2) is 15.0 Å². The number of hydrogen-bond donors (Lipinski definition) is 2. The molecule has 0 aliphatic rings. The zero-order valence-corrected chi connectivity index (χ0v) is 8.96. The zero-order valence-electron chi connectivity index (χ0n) is 8.96. The number of nitrogen functional groups attached to an aromatic ring is 1. The molecule has 2 aromatic rings. The molecule has 2 rings (SSSR count). The SMILES string of the molecule is N#Cc1cnc(NCc2ccc(N)nc2)cn1. The largest absolute Gasteiger partial charge is 0.384 e. The van der Waals surface area contributed by atoms with Gasteiger partial charge < -0.3 is 11.1 Å². The summed E-state index contributed by atoms with van der Waals surface area (Å²) in [4.78, 5) is 11.9. The molecule has 2 heterocycles. The van der Waals surface area contributed by atoms with Crippen LogP contribution in [0.5, 0.6) is 0 Å². The first-order valence-electron chi connectivity index (χ1n) is 4.94. The number of aromatic nitrogens is 3. The van der Waals surface area contributed by atoms with Gasteiger partial charge in [0.25, 0.3) is 0 Å². The van der Waals surface area contributed by atoms with Gasteiger partial charge in [0.1, 0.15) is 17.7 Å². The third-order valence-electron chi connectivity index (χ3n) is 2.09. The van der Waals surface area contributed by atoms with Crippen LogP contribution in [-0.4, -0.2) is 15.0 Å². The molecular formula is C11H10N6. The van der Waals surface area contributed by atoms with E-state index < -0.39 is 0 Å². The van der Waals surface area contributed by atoms with Crippen molar-refractivity contribution in [1.29, 1.82) is 5.26 Å². The van der Waals surface area contributed by atoms with Gasteiger partial charge in [0.05, 0.1) is 12.4 Å². The topological polar surface area (TPSA) is 101 Å². The van der Waals surface area contributed by atoms with Crippen LogP contribution < -0.4 is 11.1 Å². The van der Waals surface area contributed by atoms with Crippen LogP contribution in [0.1, 0.15) is 11.3 Å². The second-order valence-electron chi connectivity index (χ2n) is 3.34. The van der Waals surface area contributed by atoms with E-state index in [0.29, 0.717) is 23.9 Å². The Bertz CT molecular complexity index is 525. The van der Waals surface area contributed by atoms with Crippen LogP contribution in [0, 0.1) is 11.3 Å². The maximum atomic E-state index is 8.57. The van der Waals surface area contributed by atoms with Crippen LogP contribution in [0.3, 0.4) is 0 Å². The number of nitrogens with one attached hydrogen (secondary N) is 1. The van der Waals surface area contributed by atoms with E-state index in [9.17, 15) is 0 Å². The number of nitrogens with zero attached hydrogens (tertiary/aromatic N) is 4. The van der Waals surface area contributed by atoms with Crippen molar-refractivity contribution in [3.8, 4) is 6.07 Å². The average molecular weight is 226 g/mol. The maximum Gasteiger partial charge on any atom is 0.158 e. The molecule has 0 fully saturated rings. The minimum Gasteiger partial charge on any atom is -0.384 e. The molecule has 0 bridgehead atoms. The number of pyridine rings is 1. The summed E-state index contributed by atoms with van der Waals surface area (Å²) in [5.41, 5.74) is 6.77. The Morgan fingerprint density at radius 3 is 2.65 bits per heavy atom. The van der Waals surface area contributed by atoms with Gasteiger partial charge in [0, 0.05) is 12.7 Å². The van der Waals surface area contributed by atoms with Gasteiger partial charge in [-0.1, -0.05) is 6.07 Å². The summed E-state index contributed by atoms with van der Waals surface area (Å²) < 4.78 is 0. The number of anilines is 2. The van der Waals surface area contributed by atoms with Crippen molar-refractivity contribution in [2.24, 2.45) is 0 Å². The fourth-order valence-electron chi connectivity index (χ4n) is 1.21. The summed E-state index contributed by atoms with van der Waals surface area (Å²) in [5, 5.41) is 11.6. The van der Waals surface area contributed by atoms with Crippen molar-refractivity contribution < 1.29 is 0 Å². The molecule has 0 unspecified atom stereocenters. The molecule has 0 saturated carbocycles. The fraction of sp³-hybridized carbons (Fsp3) is 0.0909. The molecule has 2 aromatic heterocycles. The monoisotopic (exact) mass is 226 g/mol. The predicted molar refractivity (Wildman–Crippen MR) is 62.7 cm³/mol. The van der Waals surface area contributed by atoms with E-state index in [0.717, 1.165) is 5.56 Å². The predicted octanol–water partition coefficient (Wildman–Crippen LogP) is 0.938. The molecule has 0 aliphatic heterocycles. The van der Waals surface area contributed by atoms with Gasteiger partial charge >= 0.3 is 0 Å². The highest BCUT2D eigenvalue weighted by Gasteiger charge is 1.97. The lowest BCUT2D eigenvalue weighted by Gasteiger charge is -2.04. The molecule has 0 aromatic carbocycles. The van der Waals surface area contributed by atoms with Crippen LogP contribution in [0.2, 0.25) is 0 Å². The second kappa shape index (κ2) is 4.90. The summed E-state index contributed by atoms with van der Waals surface area (Å²) in [5.74, 6) is 1.10. The van der Waals surface area contributed by atoms with Crippen LogP contribution in [0.25, 0.3) is 0 Å². The summed E-state index contributed by atoms with van der Waals surface area (Å²) >= 11 is 0. The molecule has 3 N–H and O–H groups in total. The van der Waals surface area contributed by atoms with E-state index in [-0.39, 0.29) is 0 Å². The van der Waals surface area contributed by atoms with Crippen molar-refractivity contribution in [1.82, 2.24) is 15.0 Å². The molecule has 0 amide bonds. The molecule has 0 radical (unpaired) electrons. The molecule has 0 aliphatic carbocycles. The Labute approximate surface area is 98.2 Å². The molecule has 0 atom stereocenters. The first kappa shape index (κ1) is 10.8. The van der Waals surface area contributed by atoms with E-state index in [2.05, 4.69) is 20.3 Å².